The molecular formula is C20H23N5O3S. The highest BCUT2D eigenvalue weighted by atomic mass is 32.2. The second kappa shape index (κ2) is 8.69. The predicted molar refractivity (Wildman–Crippen MR) is 110 cm³/mol. The Morgan fingerprint density at radius 2 is 2.07 bits per heavy atom. The van der Waals surface area contributed by atoms with E-state index in [-0.39, 0.29) is 17.0 Å². The Morgan fingerprint density at radius 3 is 2.93 bits per heavy atom. The number of nitrogens with zero attached hydrogens (tertiary/aromatic N) is 2. The van der Waals surface area contributed by atoms with E-state index in [9.17, 15) is 9.59 Å². The summed E-state index contributed by atoms with van der Waals surface area (Å²) < 4.78 is 5.67. The molecule has 4 rings (SSSR count). The van der Waals surface area contributed by atoms with E-state index >= 15 is 0 Å². The third-order valence-electron chi connectivity index (χ3n) is 5.23. The molecule has 29 heavy (non-hydrogen) atoms. The number of benzene rings is 1. The number of fused-ring (bicyclic) bond motifs is 1. The zero-order valence-electron chi connectivity index (χ0n) is 16.1. The Morgan fingerprint density at radius 1 is 1.24 bits per heavy atom. The molecule has 3 N–H and O–H groups in total. The largest absolute Gasteiger partial charge is 0.411 e. The Bertz CT molecular complexity index is 1010. The fraction of sp³-hybridized carbons (Fsp3) is 0.400. The molecule has 0 aliphatic heterocycles. The minimum atomic E-state index is -0.445. The van der Waals surface area contributed by atoms with Crippen molar-refractivity contribution in [3.05, 3.63) is 30.5 Å². The summed E-state index contributed by atoms with van der Waals surface area (Å²) in [5, 5.41) is 14.6. The van der Waals surface area contributed by atoms with Crippen LogP contribution in [0.15, 0.2) is 40.1 Å². The number of hydrogen-bond donors (Lipinski definition) is 3. The molecule has 1 fully saturated rings. The van der Waals surface area contributed by atoms with Crippen molar-refractivity contribution >= 4 is 34.6 Å². The SMILES string of the molecule is C[C@@H]1CCCC[C@@H]1NC(=O)NC(=O)CSc1nnc(-c2c[nH]c3ccccc23)o1. The van der Waals surface area contributed by atoms with E-state index in [0.717, 1.165) is 47.5 Å². The minimum Gasteiger partial charge on any atom is -0.411 e. The monoisotopic (exact) mass is 413 g/mol. The van der Waals surface area contributed by atoms with Crippen molar-refractivity contribution in [3.8, 4) is 11.5 Å². The van der Waals surface area contributed by atoms with Gasteiger partial charge in [-0.15, -0.1) is 10.2 Å². The smallest absolute Gasteiger partial charge is 0.321 e. The molecule has 0 saturated heterocycles. The molecule has 1 aromatic carbocycles. The van der Waals surface area contributed by atoms with Crippen molar-refractivity contribution in [3.63, 3.8) is 0 Å². The molecule has 3 aromatic rings. The van der Waals surface area contributed by atoms with Crippen LogP contribution in [0.3, 0.4) is 0 Å². The summed E-state index contributed by atoms with van der Waals surface area (Å²) in [6.07, 6.45) is 6.17. The van der Waals surface area contributed by atoms with Gasteiger partial charge in [-0.3, -0.25) is 10.1 Å². The highest BCUT2D eigenvalue weighted by molar-refractivity contribution is 7.99. The minimum absolute atomic E-state index is 0.0170. The topological polar surface area (TPSA) is 113 Å². The first-order valence-corrected chi connectivity index (χ1v) is 10.7. The molecule has 3 amide bonds. The number of amides is 3. The molecule has 0 unspecified atom stereocenters. The molecular weight excluding hydrogens is 390 g/mol. The van der Waals surface area contributed by atoms with Crippen LogP contribution in [0.25, 0.3) is 22.4 Å². The number of carbonyl (C=O) groups excluding carboxylic acids is 2. The number of H-pyrrole nitrogens is 1. The second-order valence-corrected chi connectivity index (χ2v) is 8.23. The van der Waals surface area contributed by atoms with Crippen LogP contribution in [-0.4, -0.2) is 38.9 Å². The summed E-state index contributed by atoms with van der Waals surface area (Å²) in [5.41, 5.74) is 1.79. The lowest BCUT2D eigenvalue weighted by Crippen LogP contribution is -2.48. The summed E-state index contributed by atoms with van der Waals surface area (Å²) in [6.45, 7) is 2.13. The maximum atomic E-state index is 12.1. The number of thioether (sulfide) groups is 1. The number of para-hydroxylation sites is 1. The van der Waals surface area contributed by atoms with E-state index < -0.39 is 11.9 Å². The van der Waals surface area contributed by atoms with E-state index in [0.29, 0.717) is 11.8 Å². The third-order valence-corrected chi connectivity index (χ3v) is 6.05. The highest BCUT2D eigenvalue weighted by Crippen LogP contribution is 2.29. The van der Waals surface area contributed by atoms with Gasteiger partial charge in [0, 0.05) is 23.1 Å². The fourth-order valence-electron chi connectivity index (χ4n) is 3.65. The number of carbonyl (C=O) groups is 2. The van der Waals surface area contributed by atoms with Crippen LogP contribution in [0.2, 0.25) is 0 Å². The van der Waals surface area contributed by atoms with Gasteiger partial charge in [-0.2, -0.15) is 0 Å². The van der Waals surface area contributed by atoms with E-state index in [1.807, 2.05) is 30.5 Å². The van der Waals surface area contributed by atoms with Gasteiger partial charge >= 0.3 is 6.03 Å². The molecule has 0 radical (unpaired) electrons. The third kappa shape index (κ3) is 4.61. The second-order valence-electron chi connectivity index (χ2n) is 7.30. The van der Waals surface area contributed by atoms with Crippen molar-refractivity contribution in [1.82, 2.24) is 25.8 Å². The van der Waals surface area contributed by atoms with Crippen LogP contribution in [0, 0.1) is 5.92 Å². The average molecular weight is 414 g/mol. The van der Waals surface area contributed by atoms with Gasteiger partial charge in [0.1, 0.15) is 0 Å². The van der Waals surface area contributed by atoms with Gasteiger partial charge in [0.05, 0.1) is 11.3 Å². The van der Waals surface area contributed by atoms with Crippen molar-refractivity contribution in [2.45, 2.75) is 43.9 Å². The molecule has 152 valence electrons. The standard InChI is InChI=1S/C20H23N5O3S/c1-12-6-2-4-8-15(12)22-19(27)23-17(26)11-29-20-25-24-18(28-20)14-10-21-16-9-5-3-7-13(14)16/h3,5,7,9-10,12,15,21H,2,4,6,8,11H2,1H3,(H2,22,23,26,27)/t12-,15+/m1/s1. The molecule has 1 saturated carbocycles. The van der Waals surface area contributed by atoms with Crippen LogP contribution < -0.4 is 10.6 Å². The number of aromatic amines is 1. The first kappa shape index (κ1) is 19.5. The summed E-state index contributed by atoms with van der Waals surface area (Å²) >= 11 is 1.10. The van der Waals surface area contributed by atoms with Crippen LogP contribution in [-0.2, 0) is 4.79 Å². The molecule has 0 bridgehead atoms. The van der Waals surface area contributed by atoms with Crippen molar-refractivity contribution in [1.29, 1.82) is 0 Å². The number of imide groups is 1. The van der Waals surface area contributed by atoms with Crippen LogP contribution in [0.5, 0.6) is 0 Å². The van der Waals surface area contributed by atoms with Gasteiger partial charge in [0.25, 0.3) is 11.1 Å². The van der Waals surface area contributed by atoms with Crippen molar-refractivity contribution < 1.29 is 14.0 Å². The van der Waals surface area contributed by atoms with Gasteiger partial charge < -0.3 is 14.7 Å². The summed E-state index contributed by atoms with van der Waals surface area (Å²) in [5.74, 6) is 0.431. The summed E-state index contributed by atoms with van der Waals surface area (Å²) in [6, 6.07) is 7.50. The first-order chi connectivity index (χ1) is 14.1. The Hall–Kier alpha value is -2.81. The van der Waals surface area contributed by atoms with E-state index in [2.05, 4.69) is 32.7 Å². The molecule has 2 aromatic heterocycles. The van der Waals surface area contributed by atoms with Crippen LogP contribution in [0.1, 0.15) is 32.6 Å². The predicted octanol–water partition coefficient (Wildman–Crippen LogP) is 3.71. The molecule has 0 spiro atoms. The lowest BCUT2D eigenvalue weighted by atomic mass is 9.86. The Kier molecular flexibility index (Phi) is 5.84. The maximum Gasteiger partial charge on any atom is 0.321 e. The Labute approximate surface area is 172 Å². The number of hydrogen-bond acceptors (Lipinski definition) is 6. The van der Waals surface area contributed by atoms with Crippen LogP contribution in [0.4, 0.5) is 4.79 Å². The quantitative estimate of drug-likeness (QED) is 0.550. The molecule has 1 aliphatic rings. The molecule has 1 aliphatic carbocycles. The van der Waals surface area contributed by atoms with E-state index in [1.165, 1.54) is 6.42 Å². The molecule has 2 heterocycles. The lowest BCUT2D eigenvalue weighted by Gasteiger charge is -2.29. The maximum absolute atomic E-state index is 12.1. The van der Waals surface area contributed by atoms with Crippen molar-refractivity contribution in [2.75, 3.05) is 5.75 Å². The van der Waals surface area contributed by atoms with E-state index in [1.54, 1.807) is 0 Å². The lowest BCUT2D eigenvalue weighted by molar-refractivity contribution is -0.117. The van der Waals surface area contributed by atoms with E-state index in [4.69, 9.17) is 4.42 Å². The Balaban J connectivity index is 1.29. The average Bonchev–Trinajstić information content (AvgIpc) is 3.34. The van der Waals surface area contributed by atoms with Gasteiger partial charge in [-0.25, -0.2) is 4.79 Å². The highest BCUT2D eigenvalue weighted by Gasteiger charge is 2.23. The van der Waals surface area contributed by atoms with Crippen molar-refractivity contribution in [2.24, 2.45) is 5.92 Å². The number of urea groups is 1. The van der Waals surface area contributed by atoms with Gasteiger partial charge in [-0.1, -0.05) is 49.7 Å². The van der Waals surface area contributed by atoms with Gasteiger partial charge in [0.2, 0.25) is 5.91 Å². The zero-order chi connectivity index (χ0) is 20.2. The zero-order valence-corrected chi connectivity index (χ0v) is 16.9. The molecule has 2 atom stereocenters. The number of rotatable bonds is 5. The van der Waals surface area contributed by atoms with Gasteiger partial charge in [0.15, 0.2) is 0 Å². The first-order valence-electron chi connectivity index (χ1n) is 9.73. The fourth-order valence-corrected chi connectivity index (χ4v) is 4.21. The number of nitrogens with one attached hydrogen (secondary N) is 3. The summed E-state index contributed by atoms with van der Waals surface area (Å²) in [4.78, 5) is 27.3. The van der Waals surface area contributed by atoms with Gasteiger partial charge in [-0.05, 0) is 24.8 Å². The normalized spacial score (nSPS) is 19.2. The molecule has 8 nitrogen and oxygen atoms in total. The molecule has 9 heteroatoms. The summed E-state index contributed by atoms with van der Waals surface area (Å²) in [7, 11) is 0. The van der Waals surface area contributed by atoms with Crippen LogP contribution >= 0.6 is 11.8 Å². The number of aromatic nitrogens is 3.